The molecule has 2 heterocycles. The Hall–Kier alpha value is -1.67. The van der Waals surface area contributed by atoms with Crippen molar-refractivity contribution < 1.29 is 9.18 Å². The van der Waals surface area contributed by atoms with Gasteiger partial charge >= 0.3 is 0 Å². The number of rotatable bonds is 6. The molecule has 0 spiro atoms. The van der Waals surface area contributed by atoms with Crippen molar-refractivity contribution in [2.24, 2.45) is 0 Å². The van der Waals surface area contributed by atoms with Crippen LogP contribution in [-0.2, 0) is 4.79 Å². The zero-order valence-electron chi connectivity index (χ0n) is 14.9. The van der Waals surface area contributed by atoms with Crippen LogP contribution in [0.15, 0.2) is 28.6 Å². The van der Waals surface area contributed by atoms with Crippen molar-refractivity contribution in [2.45, 2.75) is 55.2 Å². The quantitative estimate of drug-likeness (QED) is 0.720. The lowest BCUT2D eigenvalue weighted by Gasteiger charge is -2.36. The van der Waals surface area contributed by atoms with E-state index in [0.29, 0.717) is 16.9 Å². The third-order valence-electron chi connectivity index (χ3n) is 4.49. The van der Waals surface area contributed by atoms with Crippen LogP contribution >= 0.6 is 23.1 Å². The Bertz CT molecular complexity index is 754. The summed E-state index contributed by atoms with van der Waals surface area (Å²) in [5.74, 6) is -0.128. The lowest BCUT2D eigenvalue weighted by molar-refractivity contribution is -0.134. The van der Waals surface area contributed by atoms with Crippen molar-refractivity contribution >= 4 is 39.8 Å². The molecule has 0 aliphatic carbocycles. The molecular formula is C18H23FN4OS2. The number of carbonyl (C=O) groups is 1. The number of carbonyl (C=O) groups excluding carboxylic acids is 1. The maximum absolute atomic E-state index is 13.3. The number of anilines is 2. The van der Waals surface area contributed by atoms with Gasteiger partial charge in [0.2, 0.25) is 11.0 Å². The monoisotopic (exact) mass is 394 g/mol. The van der Waals surface area contributed by atoms with Crippen molar-refractivity contribution in [2.75, 3.05) is 11.9 Å². The van der Waals surface area contributed by atoms with Gasteiger partial charge in [0, 0.05) is 18.3 Å². The Labute approximate surface area is 161 Å². The number of amides is 1. The van der Waals surface area contributed by atoms with E-state index in [1.807, 2.05) is 11.8 Å². The van der Waals surface area contributed by atoms with Crippen LogP contribution in [0.4, 0.5) is 15.2 Å². The summed E-state index contributed by atoms with van der Waals surface area (Å²) in [5, 5.41) is 11.7. The Morgan fingerprint density at radius 3 is 3.08 bits per heavy atom. The second-order valence-corrected chi connectivity index (χ2v) is 8.92. The van der Waals surface area contributed by atoms with Crippen molar-refractivity contribution in [3.05, 3.63) is 30.1 Å². The lowest BCUT2D eigenvalue weighted by atomic mass is 10.00. The highest BCUT2D eigenvalue weighted by molar-refractivity contribution is 8.02. The molecule has 0 radical (unpaired) electrons. The summed E-state index contributed by atoms with van der Waals surface area (Å²) in [6.07, 6.45) is 4.39. The number of nitrogens with one attached hydrogen (secondary N) is 1. The number of halogens is 1. The minimum atomic E-state index is -0.305. The third kappa shape index (κ3) is 4.73. The van der Waals surface area contributed by atoms with E-state index in [9.17, 15) is 9.18 Å². The first-order valence-corrected chi connectivity index (χ1v) is 10.6. The summed E-state index contributed by atoms with van der Waals surface area (Å²) in [5.41, 5.74) is 0.626. The Balaban J connectivity index is 1.60. The van der Waals surface area contributed by atoms with Gasteiger partial charge in [0.1, 0.15) is 5.82 Å². The van der Waals surface area contributed by atoms with Gasteiger partial charge in [-0.1, -0.05) is 36.1 Å². The van der Waals surface area contributed by atoms with E-state index < -0.39 is 0 Å². The molecule has 3 rings (SSSR count). The molecular weight excluding hydrogens is 371 g/mol. The highest BCUT2D eigenvalue weighted by atomic mass is 32.2. The second kappa shape index (κ2) is 8.81. The van der Waals surface area contributed by atoms with E-state index in [1.165, 1.54) is 41.7 Å². The fourth-order valence-corrected chi connectivity index (χ4v) is 5.13. The van der Waals surface area contributed by atoms with E-state index in [-0.39, 0.29) is 17.0 Å². The molecule has 140 valence electrons. The summed E-state index contributed by atoms with van der Waals surface area (Å²) in [4.78, 5) is 14.8. The molecule has 2 atom stereocenters. The first-order chi connectivity index (χ1) is 12.6. The van der Waals surface area contributed by atoms with Crippen LogP contribution in [0.5, 0.6) is 0 Å². The van der Waals surface area contributed by atoms with Crippen molar-refractivity contribution in [1.82, 2.24) is 15.1 Å². The van der Waals surface area contributed by atoms with Crippen LogP contribution in [0.25, 0.3) is 0 Å². The predicted molar refractivity (Wildman–Crippen MR) is 105 cm³/mol. The van der Waals surface area contributed by atoms with Crippen LogP contribution in [0.1, 0.15) is 39.5 Å². The van der Waals surface area contributed by atoms with Crippen LogP contribution in [-0.4, -0.2) is 38.8 Å². The van der Waals surface area contributed by atoms with Gasteiger partial charge in [-0.2, -0.15) is 0 Å². The number of nitrogens with zero attached hydrogens (tertiary/aromatic N) is 3. The van der Waals surface area contributed by atoms with Crippen LogP contribution < -0.4 is 5.32 Å². The number of benzene rings is 1. The molecule has 1 saturated heterocycles. The average Bonchev–Trinajstić information content (AvgIpc) is 3.07. The molecule has 1 N–H and O–H groups in total. The van der Waals surface area contributed by atoms with Gasteiger partial charge in [-0.05, 0) is 50.8 Å². The molecule has 1 aliphatic heterocycles. The standard InChI is InChI=1S/C18H23FN4OS2/c1-3-15-9-4-5-10-23(15)16(24)12(2)25-18-22-21-17(26-18)20-14-8-6-7-13(19)11-14/h6-8,11-12,15H,3-5,9-10H2,1-2H3,(H,20,21). The summed E-state index contributed by atoms with van der Waals surface area (Å²) >= 11 is 2.80. The van der Waals surface area contributed by atoms with Gasteiger partial charge in [-0.25, -0.2) is 4.39 Å². The molecule has 1 amide bonds. The Morgan fingerprint density at radius 1 is 1.46 bits per heavy atom. The normalized spacial score (nSPS) is 18.6. The van der Waals surface area contributed by atoms with Crippen LogP contribution in [0, 0.1) is 5.82 Å². The molecule has 8 heteroatoms. The van der Waals surface area contributed by atoms with E-state index in [2.05, 4.69) is 22.4 Å². The van der Waals surface area contributed by atoms with E-state index in [0.717, 1.165) is 30.1 Å². The lowest BCUT2D eigenvalue weighted by Crippen LogP contribution is -2.46. The van der Waals surface area contributed by atoms with Crippen molar-refractivity contribution in [3.63, 3.8) is 0 Å². The topological polar surface area (TPSA) is 58.1 Å². The van der Waals surface area contributed by atoms with E-state index in [1.54, 1.807) is 12.1 Å². The highest BCUT2D eigenvalue weighted by Crippen LogP contribution is 2.32. The second-order valence-electron chi connectivity index (χ2n) is 6.36. The summed E-state index contributed by atoms with van der Waals surface area (Å²) in [6.45, 7) is 4.92. The first kappa shape index (κ1) is 19.1. The van der Waals surface area contributed by atoms with Gasteiger partial charge in [0.15, 0.2) is 4.34 Å². The number of hydrogen-bond acceptors (Lipinski definition) is 6. The molecule has 0 saturated carbocycles. The average molecular weight is 395 g/mol. The minimum absolute atomic E-state index is 0.177. The molecule has 0 bridgehead atoms. The predicted octanol–water partition coefficient (Wildman–Crippen LogP) is 4.69. The van der Waals surface area contributed by atoms with E-state index >= 15 is 0 Å². The highest BCUT2D eigenvalue weighted by Gasteiger charge is 2.29. The maximum atomic E-state index is 13.3. The molecule has 26 heavy (non-hydrogen) atoms. The Kier molecular flexibility index (Phi) is 6.48. The first-order valence-electron chi connectivity index (χ1n) is 8.90. The molecule has 1 aromatic heterocycles. The number of piperidine rings is 1. The molecule has 1 aliphatic rings. The fraction of sp³-hybridized carbons (Fsp3) is 0.500. The van der Waals surface area contributed by atoms with Gasteiger partial charge < -0.3 is 10.2 Å². The number of aromatic nitrogens is 2. The van der Waals surface area contributed by atoms with Crippen molar-refractivity contribution in [3.8, 4) is 0 Å². The molecule has 2 unspecified atom stereocenters. The number of hydrogen-bond donors (Lipinski definition) is 1. The smallest absolute Gasteiger partial charge is 0.236 e. The zero-order valence-corrected chi connectivity index (χ0v) is 16.6. The zero-order chi connectivity index (χ0) is 18.5. The Morgan fingerprint density at radius 2 is 2.31 bits per heavy atom. The summed E-state index contributed by atoms with van der Waals surface area (Å²) < 4.78 is 14.0. The summed E-state index contributed by atoms with van der Waals surface area (Å²) in [7, 11) is 0. The maximum Gasteiger partial charge on any atom is 0.236 e. The largest absolute Gasteiger partial charge is 0.339 e. The minimum Gasteiger partial charge on any atom is -0.339 e. The molecule has 5 nitrogen and oxygen atoms in total. The number of likely N-dealkylation sites (tertiary alicyclic amines) is 1. The molecule has 2 aromatic rings. The fourth-order valence-electron chi connectivity index (χ4n) is 3.15. The van der Waals surface area contributed by atoms with Crippen LogP contribution in [0.3, 0.4) is 0 Å². The third-order valence-corrected chi connectivity index (χ3v) is 6.50. The van der Waals surface area contributed by atoms with Gasteiger partial charge in [-0.15, -0.1) is 10.2 Å². The van der Waals surface area contributed by atoms with Crippen molar-refractivity contribution in [1.29, 1.82) is 0 Å². The number of thioether (sulfide) groups is 1. The molecule has 1 aromatic carbocycles. The SMILES string of the molecule is CCC1CCCCN1C(=O)C(C)Sc1nnc(Nc2cccc(F)c2)s1. The van der Waals surface area contributed by atoms with Crippen LogP contribution in [0.2, 0.25) is 0 Å². The van der Waals surface area contributed by atoms with Gasteiger partial charge in [0.25, 0.3) is 0 Å². The van der Waals surface area contributed by atoms with E-state index in [4.69, 9.17) is 0 Å². The van der Waals surface area contributed by atoms with Gasteiger partial charge in [0.05, 0.1) is 5.25 Å². The van der Waals surface area contributed by atoms with Gasteiger partial charge in [-0.3, -0.25) is 4.79 Å². The summed E-state index contributed by atoms with van der Waals surface area (Å²) in [6, 6.07) is 6.56. The molecule has 1 fully saturated rings.